The van der Waals surface area contributed by atoms with Gasteiger partial charge in [-0.15, -0.1) is 0 Å². The highest BCUT2D eigenvalue weighted by molar-refractivity contribution is 5.83. The van der Waals surface area contributed by atoms with Gasteiger partial charge in [0.2, 0.25) is 0 Å². The van der Waals surface area contributed by atoms with E-state index in [0.717, 1.165) is 62.9 Å². The summed E-state index contributed by atoms with van der Waals surface area (Å²) in [4.78, 5) is 0. The monoisotopic (exact) mass is 546 g/mol. The maximum atomic E-state index is 13.9. The molecule has 0 amide bonds. The summed E-state index contributed by atoms with van der Waals surface area (Å²) in [6.45, 7) is 1.19. The topological polar surface area (TPSA) is 18.5 Å². The number of benzene rings is 3. The minimum atomic E-state index is -1.39. The Morgan fingerprint density at radius 1 is 0.575 bits per heavy atom. The van der Waals surface area contributed by atoms with Crippen LogP contribution in [0, 0.1) is 29.3 Å². The molecule has 3 aromatic carbocycles. The summed E-state index contributed by atoms with van der Waals surface area (Å²) in [5, 5.41) is 0. The lowest BCUT2D eigenvalue weighted by molar-refractivity contribution is 0.107. The fraction of sp³-hybridized carbons (Fsp3) is 0.486. The molecule has 210 valence electrons. The van der Waals surface area contributed by atoms with Crippen LogP contribution in [-0.4, -0.2) is 13.2 Å². The van der Waals surface area contributed by atoms with Crippen LogP contribution in [0.25, 0.3) is 11.1 Å². The second kappa shape index (κ2) is 10.8. The van der Waals surface area contributed by atoms with E-state index < -0.39 is 17.5 Å². The van der Waals surface area contributed by atoms with Crippen LogP contribution < -0.4 is 9.47 Å². The van der Waals surface area contributed by atoms with Crippen LogP contribution in [0.5, 0.6) is 11.5 Å². The van der Waals surface area contributed by atoms with Gasteiger partial charge >= 0.3 is 0 Å². The van der Waals surface area contributed by atoms with E-state index in [4.69, 9.17) is 9.47 Å². The van der Waals surface area contributed by atoms with Gasteiger partial charge in [0.15, 0.2) is 17.5 Å². The maximum Gasteiger partial charge on any atom is 0.194 e. The first-order valence-corrected chi connectivity index (χ1v) is 15.3. The Morgan fingerprint density at radius 3 is 1.60 bits per heavy atom. The van der Waals surface area contributed by atoms with Gasteiger partial charge in [0.05, 0.1) is 13.2 Å². The van der Waals surface area contributed by atoms with Crippen LogP contribution >= 0.6 is 0 Å². The lowest BCUT2D eigenvalue weighted by Crippen LogP contribution is -2.30. The van der Waals surface area contributed by atoms with Gasteiger partial charge in [-0.25, -0.2) is 13.2 Å². The minimum Gasteiger partial charge on any atom is -0.492 e. The zero-order chi connectivity index (χ0) is 27.2. The van der Waals surface area contributed by atoms with Gasteiger partial charge in [0, 0.05) is 17.0 Å². The highest BCUT2D eigenvalue weighted by Crippen LogP contribution is 2.48. The number of fused-ring (bicyclic) bond motifs is 7. The molecule has 0 spiro atoms. The molecule has 0 aromatic heterocycles. The Balaban J connectivity index is 1.18. The van der Waals surface area contributed by atoms with Crippen LogP contribution in [0.15, 0.2) is 36.4 Å². The van der Waals surface area contributed by atoms with Crippen LogP contribution in [0.1, 0.15) is 85.1 Å². The predicted molar refractivity (Wildman–Crippen MR) is 151 cm³/mol. The molecule has 1 saturated carbocycles. The molecule has 1 aliphatic heterocycles. The van der Waals surface area contributed by atoms with E-state index in [2.05, 4.69) is 24.3 Å². The molecular weight excluding hydrogens is 509 g/mol. The van der Waals surface area contributed by atoms with Gasteiger partial charge < -0.3 is 9.47 Å². The molecule has 4 aliphatic rings. The first-order chi connectivity index (χ1) is 19.6. The zero-order valence-electron chi connectivity index (χ0n) is 23.0. The van der Waals surface area contributed by atoms with E-state index in [-0.39, 0.29) is 11.8 Å². The molecule has 7 rings (SSSR count). The number of aryl methyl sites for hydroxylation is 2. The Morgan fingerprint density at radius 2 is 1.07 bits per heavy atom. The molecule has 2 nitrogen and oxygen atoms in total. The third kappa shape index (κ3) is 4.69. The number of hydrogen-bond donors (Lipinski definition) is 0. The second-order valence-corrected chi connectivity index (χ2v) is 12.4. The third-order valence-electron chi connectivity index (χ3n) is 10.1. The molecule has 0 atom stereocenters. The summed E-state index contributed by atoms with van der Waals surface area (Å²) in [5.41, 5.74) is 8.92. The highest BCUT2D eigenvalue weighted by Gasteiger charge is 2.33. The van der Waals surface area contributed by atoms with Gasteiger partial charge in [-0.05, 0) is 141 Å². The van der Waals surface area contributed by atoms with E-state index >= 15 is 0 Å². The number of rotatable bonds is 2. The van der Waals surface area contributed by atoms with E-state index in [1.54, 1.807) is 0 Å². The van der Waals surface area contributed by atoms with Gasteiger partial charge in [-0.3, -0.25) is 0 Å². The standard InChI is InChI=1S/C35H37F3O2/c36-29-17-25(18-30(37)35(29)38)21-9-11-22(12-10-21)26-19-39-31-15-13-23-5-1-3-7-27(23)33(31)34-28-8-4-2-6-24(28)14-16-32(34)40-20-26/h13-18,21-22,26H,1-12,19-20H2. The Kier molecular flexibility index (Phi) is 7.01. The lowest BCUT2D eigenvalue weighted by atomic mass is 9.74. The maximum absolute atomic E-state index is 13.9. The van der Waals surface area contributed by atoms with Crippen molar-refractivity contribution in [1.29, 1.82) is 0 Å². The lowest BCUT2D eigenvalue weighted by Gasteiger charge is -2.34. The van der Waals surface area contributed by atoms with E-state index in [1.165, 1.54) is 71.2 Å². The molecule has 5 heteroatoms. The highest BCUT2D eigenvalue weighted by atomic mass is 19.2. The van der Waals surface area contributed by atoms with Crippen molar-refractivity contribution in [1.82, 2.24) is 0 Å². The summed E-state index contributed by atoms with van der Waals surface area (Å²) in [5.74, 6) is -0.961. The fourth-order valence-electron chi connectivity index (χ4n) is 7.85. The molecule has 3 aliphatic carbocycles. The largest absolute Gasteiger partial charge is 0.492 e. The third-order valence-corrected chi connectivity index (χ3v) is 10.1. The van der Waals surface area contributed by atoms with E-state index in [0.29, 0.717) is 24.7 Å². The van der Waals surface area contributed by atoms with Gasteiger partial charge in [0.25, 0.3) is 0 Å². The van der Waals surface area contributed by atoms with Crippen molar-refractivity contribution in [3.8, 4) is 22.6 Å². The molecular formula is C35H37F3O2. The van der Waals surface area contributed by atoms with Crippen molar-refractivity contribution in [2.45, 2.75) is 83.0 Å². The minimum absolute atomic E-state index is 0.0403. The molecule has 1 fully saturated rings. The summed E-state index contributed by atoms with van der Waals surface area (Å²) < 4.78 is 54.7. The molecule has 1 heterocycles. The average molecular weight is 547 g/mol. The predicted octanol–water partition coefficient (Wildman–Crippen LogP) is 8.89. The second-order valence-electron chi connectivity index (χ2n) is 12.4. The number of ether oxygens (including phenoxy) is 2. The first-order valence-electron chi connectivity index (χ1n) is 15.3. The van der Waals surface area contributed by atoms with Crippen molar-refractivity contribution in [3.63, 3.8) is 0 Å². The van der Waals surface area contributed by atoms with Crippen molar-refractivity contribution in [2.75, 3.05) is 13.2 Å². The van der Waals surface area contributed by atoms with Crippen LogP contribution in [-0.2, 0) is 25.7 Å². The molecule has 3 aromatic rings. The summed E-state index contributed by atoms with van der Waals surface area (Å²) in [7, 11) is 0. The molecule has 0 saturated heterocycles. The van der Waals surface area contributed by atoms with E-state index in [1.807, 2.05) is 0 Å². The van der Waals surface area contributed by atoms with Crippen LogP contribution in [0.2, 0.25) is 0 Å². The summed E-state index contributed by atoms with van der Waals surface area (Å²) in [6.07, 6.45) is 12.8. The van der Waals surface area contributed by atoms with Crippen molar-refractivity contribution in [2.24, 2.45) is 11.8 Å². The zero-order valence-corrected chi connectivity index (χ0v) is 23.0. The smallest absolute Gasteiger partial charge is 0.194 e. The summed E-state index contributed by atoms with van der Waals surface area (Å²) in [6, 6.07) is 11.3. The molecule has 0 bridgehead atoms. The Bertz CT molecular complexity index is 1330. The molecule has 0 N–H and O–H groups in total. The SMILES string of the molecule is Fc1cc(C2CCC(C3COc4ccc5c(c4-c4c(ccc6c4CCCC6)OC3)CCCC5)CC2)cc(F)c1F. The Hall–Kier alpha value is -2.95. The van der Waals surface area contributed by atoms with Gasteiger partial charge in [0.1, 0.15) is 11.5 Å². The Labute approximate surface area is 234 Å². The van der Waals surface area contributed by atoms with Crippen molar-refractivity contribution >= 4 is 0 Å². The quantitative estimate of drug-likeness (QED) is 0.299. The van der Waals surface area contributed by atoms with Crippen LogP contribution in [0.3, 0.4) is 0 Å². The summed E-state index contributed by atoms with van der Waals surface area (Å²) >= 11 is 0. The van der Waals surface area contributed by atoms with Crippen LogP contribution in [0.4, 0.5) is 13.2 Å². The van der Waals surface area contributed by atoms with Gasteiger partial charge in [-0.2, -0.15) is 0 Å². The van der Waals surface area contributed by atoms with Crippen molar-refractivity contribution < 1.29 is 22.6 Å². The van der Waals surface area contributed by atoms with Crippen molar-refractivity contribution in [3.05, 3.63) is 81.7 Å². The number of hydrogen-bond acceptors (Lipinski definition) is 2. The average Bonchev–Trinajstić information content (AvgIpc) is 3.07. The first kappa shape index (κ1) is 26.0. The molecule has 40 heavy (non-hydrogen) atoms. The molecule has 0 radical (unpaired) electrons. The normalized spacial score (nSPS) is 22.8. The fourth-order valence-corrected chi connectivity index (χ4v) is 7.85. The molecule has 0 unspecified atom stereocenters. The van der Waals surface area contributed by atoms with Gasteiger partial charge in [-0.1, -0.05) is 12.1 Å². The number of halogens is 3. The van der Waals surface area contributed by atoms with E-state index in [9.17, 15) is 13.2 Å².